The lowest BCUT2D eigenvalue weighted by Gasteiger charge is -2.27. The van der Waals surface area contributed by atoms with Gasteiger partial charge in [-0.1, -0.05) is 13.3 Å². The van der Waals surface area contributed by atoms with Gasteiger partial charge in [0.2, 0.25) is 0 Å². The highest BCUT2D eigenvalue weighted by Gasteiger charge is 2.30. The molecule has 1 N–H and O–H groups in total. The van der Waals surface area contributed by atoms with Crippen LogP contribution in [0.3, 0.4) is 0 Å². The second-order valence-corrected chi connectivity index (χ2v) is 7.72. The van der Waals surface area contributed by atoms with Crippen LogP contribution in [0.4, 0.5) is 0 Å². The molecule has 6 nitrogen and oxygen atoms in total. The number of hydrogen-bond acceptors (Lipinski definition) is 5. The number of carboxylic acids is 1. The lowest BCUT2D eigenvalue weighted by Crippen LogP contribution is -2.34. The molecule has 0 spiro atoms. The molecule has 0 aromatic heterocycles. The van der Waals surface area contributed by atoms with Gasteiger partial charge in [0.15, 0.2) is 0 Å². The van der Waals surface area contributed by atoms with Crippen molar-refractivity contribution >= 4 is 5.97 Å². The van der Waals surface area contributed by atoms with Crippen LogP contribution in [0.1, 0.15) is 74.1 Å². The van der Waals surface area contributed by atoms with E-state index in [0.717, 1.165) is 6.42 Å². The zero-order valence-corrected chi connectivity index (χ0v) is 15.7. The lowest BCUT2D eigenvalue weighted by atomic mass is 9.94. The summed E-state index contributed by atoms with van der Waals surface area (Å²) >= 11 is 0. The van der Waals surface area contributed by atoms with Gasteiger partial charge in [-0.2, -0.15) is 0 Å². The first kappa shape index (κ1) is 22.3. The largest absolute Gasteiger partial charge is 0.481 e. The van der Waals surface area contributed by atoms with Crippen LogP contribution in [0, 0.1) is 5.92 Å². The second-order valence-electron chi connectivity index (χ2n) is 7.72. The van der Waals surface area contributed by atoms with Crippen molar-refractivity contribution in [1.82, 2.24) is 0 Å². The van der Waals surface area contributed by atoms with E-state index in [1.165, 1.54) is 0 Å². The number of aliphatic carboxylic acids is 1. The first-order valence-electron chi connectivity index (χ1n) is 8.34. The third kappa shape index (κ3) is 12.4. The minimum Gasteiger partial charge on any atom is -0.481 e. The van der Waals surface area contributed by atoms with Gasteiger partial charge in [-0.25, -0.2) is 19.6 Å². The van der Waals surface area contributed by atoms with Crippen LogP contribution in [0.15, 0.2) is 0 Å². The van der Waals surface area contributed by atoms with Crippen LogP contribution in [-0.4, -0.2) is 35.0 Å². The zero-order chi connectivity index (χ0) is 18.1. The molecule has 0 fully saturated rings. The lowest BCUT2D eigenvalue weighted by molar-refractivity contribution is -0.382. The number of carbonyl (C=O) groups is 1. The Hall–Kier alpha value is -0.690. The fraction of sp³-hybridized carbons (Fsp3) is 0.941. The topological polar surface area (TPSA) is 74.2 Å². The number of carboxylic acid groups (broad SMARTS) is 1. The minimum absolute atomic E-state index is 0.364. The predicted molar refractivity (Wildman–Crippen MR) is 87.8 cm³/mol. The third-order valence-electron chi connectivity index (χ3n) is 2.81. The van der Waals surface area contributed by atoms with Gasteiger partial charge in [-0.3, -0.25) is 4.79 Å². The van der Waals surface area contributed by atoms with Gasteiger partial charge >= 0.3 is 5.97 Å². The Bertz CT molecular complexity index is 329. The molecule has 0 saturated heterocycles. The summed E-state index contributed by atoms with van der Waals surface area (Å²) in [5, 5.41) is 9.42. The Morgan fingerprint density at radius 3 is 2.00 bits per heavy atom. The van der Waals surface area contributed by atoms with Gasteiger partial charge in [0.1, 0.15) is 6.10 Å². The highest BCUT2D eigenvalue weighted by molar-refractivity contribution is 5.70. The van der Waals surface area contributed by atoms with E-state index in [9.17, 15) is 9.90 Å². The van der Waals surface area contributed by atoms with Crippen LogP contribution in [0.25, 0.3) is 0 Å². The molecule has 0 heterocycles. The molecule has 0 aliphatic heterocycles. The SMILES string of the molecule is CCCC(C(=O)O)C(CCCOOC(C)(C)C)OOC(C)(C)C. The van der Waals surface area contributed by atoms with Gasteiger partial charge in [-0.15, -0.1) is 0 Å². The van der Waals surface area contributed by atoms with E-state index >= 15 is 0 Å². The molecule has 0 aliphatic rings. The van der Waals surface area contributed by atoms with Crippen molar-refractivity contribution in [2.75, 3.05) is 6.61 Å². The quantitative estimate of drug-likeness (QED) is 0.348. The maximum Gasteiger partial charge on any atom is 0.309 e. The monoisotopic (exact) mass is 334 g/mol. The Balaban J connectivity index is 4.50. The average molecular weight is 334 g/mol. The van der Waals surface area contributed by atoms with Crippen LogP contribution < -0.4 is 0 Å². The fourth-order valence-electron chi connectivity index (χ4n) is 1.86. The van der Waals surface area contributed by atoms with E-state index in [0.29, 0.717) is 25.9 Å². The van der Waals surface area contributed by atoms with E-state index in [1.807, 2.05) is 48.5 Å². The van der Waals surface area contributed by atoms with Gasteiger partial charge in [-0.05, 0) is 60.8 Å². The highest BCUT2D eigenvalue weighted by atomic mass is 17.2. The molecule has 0 bridgehead atoms. The fourth-order valence-corrected chi connectivity index (χ4v) is 1.86. The molecule has 0 aliphatic carbocycles. The first-order chi connectivity index (χ1) is 10.5. The summed E-state index contributed by atoms with van der Waals surface area (Å²) < 4.78 is 0. The summed E-state index contributed by atoms with van der Waals surface area (Å²) in [5.41, 5.74) is -0.851. The molecule has 2 unspecified atom stereocenters. The Morgan fingerprint density at radius 1 is 1.00 bits per heavy atom. The van der Waals surface area contributed by atoms with Crippen LogP contribution in [0.5, 0.6) is 0 Å². The predicted octanol–water partition coefficient (Wildman–Crippen LogP) is 4.13. The van der Waals surface area contributed by atoms with Crippen molar-refractivity contribution in [3.05, 3.63) is 0 Å². The normalized spacial score (nSPS) is 15.4. The standard InChI is InChI=1S/C17H34O6/c1-8-10-13(15(18)19)14(21-23-17(5,6)7)11-9-12-20-22-16(2,3)4/h13-14H,8-12H2,1-7H3,(H,18,19). The summed E-state index contributed by atoms with van der Waals surface area (Å²) in [7, 11) is 0. The van der Waals surface area contributed by atoms with E-state index in [1.54, 1.807) is 0 Å². The zero-order valence-electron chi connectivity index (χ0n) is 15.7. The van der Waals surface area contributed by atoms with Gasteiger partial charge < -0.3 is 5.11 Å². The van der Waals surface area contributed by atoms with Crippen LogP contribution in [-0.2, 0) is 24.3 Å². The van der Waals surface area contributed by atoms with Crippen molar-refractivity contribution in [2.24, 2.45) is 5.92 Å². The van der Waals surface area contributed by atoms with Gasteiger partial charge in [0.25, 0.3) is 0 Å². The van der Waals surface area contributed by atoms with Crippen molar-refractivity contribution in [1.29, 1.82) is 0 Å². The van der Waals surface area contributed by atoms with Crippen LogP contribution >= 0.6 is 0 Å². The summed E-state index contributed by atoms with van der Waals surface area (Å²) in [6, 6.07) is 0. The van der Waals surface area contributed by atoms with Gasteiger partial charge in [0.05, 0.1) is 23.7 Å². The smallest absolute Gasteiger partial charge is 0.309 e. The van der Waals surface area contributed by atoms with E-state index < -0.39 is 23.6 Å². The van der Waals surface area contributed by atoms with Crippen molar-refractivity contribution in [2.45, 2.75) is 91.5 Å². The molecule has 23 heavy (non-hydrogen) atoms. The Kier molecular flexibility index (Phi) is 9.93. The molecule has 0 radical (unpaired) electrons. The van der Waals surface area contributed by atoms with Crippen LogP contribution in [0.2, 0.25) is 0 Å². The summed E-state index contributed by atoms with van der Waals surface area (Å²) in [5.74, 6) is -1.45. The maximum atomic E-state index is 11.5. The summed E-state index contributed by atoms with van der Waals surface area (Å²) in [6.45, 7) is 13.6. The van der Waals surface area contributed by atoms with E-state index in [4.69, 9.17) is 19.6 Å². The molecular weight excluding hydrogens is 300 g/mol. The van der Waals surface area contributed by atoms with Crippen molar-refractivity contribution in [3.63, 3.8) is 0 Å². The third-order valence-corrected chi connectivity index (χ3v) is 2.81. The molecule has 0 saturated carbocycles. The first-order valence-corrected chi connectivity index (χ1v) is 8.34. The Morgan fingerprint density at radius 2 is 1.57 bits per heavy atom. The Labute approximate surface area is 140 Å². The second kappa shape index (κ2) is 10.2. The molecule has 2 atom stereocenters. The number of hydrogen-bond donors (Lipinski definition) is 1. The minimum atomic E-state index is -0.860. The molecular formula is C17H34O6. The average Bonchev–Trinajstić information content (AvgIpc) is 2.37. The molecule has 6 heteroatoms. The maximum absolute atomic E-state index is 11.5. The molecule has 0 rings (SSSR count). The molecule has 0 aromatic carbocycles. The van der Waals surface area contributed by atoms with E-state index in [-0.39, 0.29) is 5.60 Å². The molecule has 0 amide bonds. The summed E-state index contributed by atoms with van der Waals surface area (Å²) in [4.78, 5) is 32.6. The molecule has 138 valence electrons. The van der Waals surface area contributed by atoms with Crippen molar-refractivity contribution < 1.29 is 29.5 Å². The van der Waals surface area contributed by atoms with Crippen molar-refractivity contribution in [3.8, 4) is 0 Å². The summed E-state index contributed by atoms with van der Waals surface area (Å²) in [6.07, 6.45) is 1.97. The number of rotatable bonds is 11. The van der Waals surface area contributed by atoms with Gasteiger partial charge in [0, 0.05) is 0 Å². The highest BCUT2D eigenvalue weighted by Crippen LogP contribution is 2.22. The van der Waals surface area contributed by atoms with E-state index in [2.05, 4.69) is 0 Å². The molecule has 0 aromatic rings.